The van der Waals surface area contributed by atoms with Crippen LogP contribution in [-0.4, -0.2) is 14.4 Å². The molecule has 0 amide bonds. The van der Waals surface area contributed by atoms with E-state index in [1.165, 1.54) is 0 Å². The van der Waals surface area contributed by atoms with Gasteiger partial charge in [-0.2, -0.15) is 0 Å². The lowest BCUT2D eigenvalue weighted by molar-refractivity contribution is 0.385. The van der Waals surface area contributed by atoms with Crippen molar-refractivity contribution in [3.63, 3.8) is 0 Å². The summed E-state index contributed by atoms with van der Waals surface area (Å²) in [6.07, 6.45) is 0. The highest BCUT2D eigenvalue weighted by atomic mass is 19.2. The molecular formula is C13H7BF6O. The summed E-state index contributed by atoms with van der Waals surface area (Å²) in [6.45, 7) is 0. The average Bonchev–Trinajstić information content (AvgIpc) is 2.43. The molecule has 0 saturated carbocycles. The second-order valence-corrected chi connectivity index (χ2v) is 4.20. The zero-order valence-electron chi connectivity index (χ0n) is 10.6. The minimum absolute atomic E-state index is 0.0514. The third kappa shape index (κ3) is 2.84. The molecule has 110 valence electrons. The molecular weight excluding hydrogens is 297 g/mol. The minimum Gasteiger partial charge on any atom is -0.494 e. The minimum atomic E-state index is -1.63. The first-order chi connectivity index (χ1) is 9.85. The fraction of sp³-hybridized carbons (Fsp3) is 0.0769. The van der Waals surface area contributed by atoms with E-state index < -0.39 is 47.6 Å². The van der Waals surface area contributed by atoms with E-state index >= 15 is 0 Å². The number of hydrogen-bond acceptors (Lipinski definition) is 1. The van der Waals surface area contributed by atoms with E-state index in [-0.39, 0.29) is 17.3 Å². The fourth-order valence-electron chi connectivity index (χ4n) is 1.83. The molecule has 0 aliphatic carbocycles. The van der Waals surface area contributed by atoms with Gasteiger partial charge in [0.1, 0.15) is 5.82 Å². The Hall–Kier alpha value is -2.12. The Balaban J connectivity index is 2.53. The molecule has 0 bridgehead atoms. The molecule has 0 aromatic heterocycles. The summed E-state index contributed by atoms with van der Waals surface area (Å²) in [5, 5.41) is 0. The topological polar surface area (TPSA) is 9.23 Å². The van der Waals surface area contributed by atoms with Gasteiger partial charge in [-0.25, -0.2) is 26.3 Å². The number of rotatable bonds is 3. The van der Waals surface area contributed by atoms with Crippen molar-refractivity contribution in [3.05, 3.63) is 53.1 Å². The Bertz CT molecular complexity index is 678. The molecule has 2 rings (SSSR count). The Morgan fingerprint density at radius 1 is 0.762 bits per heavy atom. The first-order valence-corrected chi connectivity index (χ1v) is 5.69. The van der Waals surface area contributed by atoms with Crippen LogP contribution in [0.25, 0.3) is 0 Å². The number of halogens is 6. The van der Waals surface area contributed by atoms with Crippen LogP contribution in [0.1, 0.15) is 0 Å². The van der Waals surface area contributed by atoms with Gasteiger partial charge in [0, 0.05) is 12.1 Å². The van der Waals surface area contributed by atoms with E-state index in [2.05, 4.69) is 4.74 Å². The number of hydrogen-bond donors (Lipinski definition) is 0. The third-order valence-corrected chi connectivity index (χ3v) is 2.89. The smallest absolute Gasteiger partial charge is 0.204 e. The lowest BCUT2D eigenvalue weighted by Gasteiger charge is -2.09. The van der Waals surface area contributed by atoms with Crippen LogP contribution in [-0.2, 0) is 0 Å². The molecule has 2 aromatic carbocycles. The lowest BCUT2D eigenvalue weighted by Crippen LogP contribution is -2.36. The Labute approximate surface area is 116 Å². The maximum Gasteiger partial charge on any atom is 0.204 e. The van der Waals surface area contributed by atoms with Crippen LogP contribution in [0.4, 0.5) is 26.3 Å². The Morgan fingerprint density at radius 2 is 1.29 bits per heavy atom. The van der Waals surface area contributed by atoms with Gasteiger partial charge in [0.15, 0.2) is 34.8 Å². The summed E-state index contributed by atoms with van der Waals surface area (Å²) in [5.74, 6) is -8.93. The highest BCUT2D eigenvalue weighted by molar-refractivity contribution is 6.67. The van der Waals surface area contributed by atoms with E-state index in [1.54, 1.807) is 0 Å². The van der Waals surface area contributed by atoms with Gasteiger partial charge < -0.3 is 4.74 Å². The van der Waals surface area contributed by atoms with Crippen molar-refractivity contribution in [3.8, 4) is 5.75 Å². The summed E-state index contributed by atoms with van der Waals surface area (Å²) in [6, 6.07) is 1.38. The van der Waals surface area contributed by atoms with Crippen molar-refractivity contribution in [2.45, 2.75) is 0 Å². The Kier molecular flexibility index (Phi) is 4.15. The number of ether oxygens (including phenoxy) is 1. The lowest BCUT2D eigenvalue weighted by atomic mass is 9.63. The summed E-state index contributed by atoms with van der Waals surface area (Å²) in [4.78, 5) is 0. The van der Waals surface area contributed by atoms with Gasteiger partial charge in [-0.3, -0.25) is 0 Å². The monoisotopic (exact) mass is 304 g/mol. The van der Waals surface area contributed by atoms with Crippen LogP contribution >= 0.6 is 0 Å². The fourth-order valence-corrected chi connectivity index (χ4v) is 1.83. The largest absolute Gasteiger partial charge is 0.494 e. The van der Waals surface area contributed by atoms with Gasteiger partial charge in [-0.15, -0.1) is 0 Å². The summed E-state index contributed by atoms with van der Waals surface area (Å²) >= 11 is 0. The van der Waals surface area contributed by atoms with E-state index in [1.807, 2.05) is 0 Å². The maximum absolute atomic E-state index is 13.6. The SMILES string of the molecule is COc1cc(Bc2c(F)c(F)cc(F)c2F)c(F)cc1F. The van der Waals surface area contributed by atoms with Crippen molar-refractivity contribution in [2.75, 3.05) is 7.11 Å². The molecule has 1 nitrogen and oxygen atoms in total. The molecule has 0 spiro atoms. The average molecular weight is 304 g/mol. The zero-order valence-corrected chi connectivity index (χ0v) is 10.6. The highest BCUT2D eigenvalue weighted by Gasteiger charge is 2.22. The molecule has 0 aliphatic rings. The van der Waals surface area contributed by atoms with Gasteiger partial charge >= 0.3 is 0 Å². The van der Waals surface area contributed by atoms with Crippen LogP contribution in [0, 0.1) is 34.9 Å². The van der Waals surface area contributed by atoms with Crippen molar-refractivity contribution in [2.24, 2.45) is 0 Å². The third-order valence-electron chi connectivity index (χ3n) is 2.89. The highest BCUT2D eigenvalue weighted by Crippen LogP contribution is 2.16. The standard InChI is InChI=1S/C13H7BF6O/c1-21-10-2-5(6(15)3-7(10)16)14-11-12(19)8(17)4-9(18)13(11)20/h2-4,14H,1H3. The molecule has 8 heteroatoms. The van der Waals surface area contributed by atoms with Gasteiger partial charge in [-0.1, -0.05) is 0 Å². The van der Waals surface area contributed by atoms with Gasteiger partial charge in [0.05, 0.1) is 7.11 Å². The molecule has 0 radical (unpaired) electrons. The molecule has 0 aliphatic heterocycles. The quantitative estimate of drug-likeness (QED) is 0.478. The molecule has 0 atom stereocenters. The zero-order chi connectivity index (χ0) is 15.7. The first kappa shape index (κ1) is 15.3. The van der Waals surface area contributed by atoms with Gasteiger partial charge in [0.2, 0.25) is 7.28 Å². The normalized spacial score (nSPS) is 10.6. The molecule has 2 aromatic rings. The van der Waals surface area contributed by atoms with E-state index in [9.17, 15) is 26.3 Å². The second-order valence-electron chi connectivity index (χ2n) is 4.20. The van der Waals surface area contributed by atoms with Crippen LogP contribution in [0.3, 0.4) is 0 Å². The molecule has 21 heavy (non-hydrogen) atoms. The van der Waals surface area contributed by atoms with Crippen molar-refractivity contribution >= 4 is 18.2 Å². The molecule has 0 N–H and O–H groups in total. The summed E-state index contributed by atoms with van der Waals surface area (Å²) in [5.41, 5.74) is -1.35. The van der Waals surface area contributed by atoms with E-state index in [0.29, 0.717) is 6.07 Å². The summed E-state index contributed by atoms with van der Waals surface area (Å²) < 4.78 is 84.6. The van der Waals surface area contributed by atoms with Crippen LogP contribution in [0.15, 0.2) is 18.2 Å². The molecule has 0 unspecified atom stereocenters. The van der Waals surface area contributed by atoms with Gasteiger partial charge in [-0.05, 0) is 17.0 Å². The van der Waals surface area contributed by atoms with Gasteiger partial charge in [0.25, 0.3) is 0 Å². The van der Waals surface area contributed by atoms with Crippen LogP contribution in [0.5, 0.6) is 5.75 Å². The molecule has 0 fully saturated rings. The van der Waals surface area contributed by atoms with Crippen molar-refractivity contribution in [1.82, 2.24) is 0 Å². The molecule has 0 heterocycles. The number of methoxy groups -OCH3 is 1. The van der Waals surface area contributed by atoms with E-state index in [0.717, 1.165) is 13.2 Å². The summed E-state index contributed by atoms with van der Waals surface area (Å²) in [7, 11) is 0.317. The number of benzene rings is 2. The van der Waals surface area contributed by atoms with Crippen molar-refractivity contribution in [1.29, 1.82) is 0 Å². The first-order valence-electron chi connectivity index (χ1n) is 5.69. The van der Waals surface area contributed by atoms with Crippen LogP contribution < -0.4 is 15.7 Å². The predicted octanol–water partition coefficient (Wildman–Crippen LogP) is 1.92. The Morgan fingerprint density at radius 3 is 1.81 bits per heavy atom. The second kappa shape index (κ2) is 5.71. The maximum atomic E-state index is 13.6. The predicted molar refractivity (Wildman–Crippen MR) is 65.6 cm³/mol. The van der Waals surface area contributed by atoms with E-state index in [4.69, 9.17) is 0 Å². The molecule has 0 saturated heterocycles. The van der Waals surface area contributed by atoms with Crippen LogP contribution in [0.2, 0.25) is 0 Å². The van der Waals surface area contributed by atoms with Crippen molar-refractivity contribution < 1.29 is 31.1 Å².